The normalized spacial score (nSPS) is 28.0. The van der Waals surface area contributed by atoms with Crippen LogP contribution in [0.2, 0.25) is 0 Å². The molecule has 2 saturated heterocycles. The molecular formula is C24H33N3O5. The minimum absolute atomic E-state index is 0.0323. The molecule has 0 spiro atoms. The molecule has 32 heavy (non-hydrogen) atoms. The number of esters is 1. The standard InChI is InChI=1S/C24H33N3O5/c1-3-11-27-19-7-5-4-6-10-24(19,23(31)32-2)18(22(27)30)16-20(28)25-12-14-26(15-13-25)21(29)17-8-9-17/h3,7,17-18H,1,4-6,8-16H2,2H3/t18-,24-/m0/s1. The molecule has 8 heteroatoms. The Kier molecular flexibility index (Phi) is 6.40. The first-order valence-electron chi connectivity index (χ1n) is 11.7. The van der Waals surface area contributed by atoms with E-state index in [2.05, 4.69) is 6.58 Å². The Morgan fingerprint density at radius 3 is 2.47 bits per heavy atom. The number of amides is 3. The average molecular weight is 444 g/mol. The van der Waals surface area contributed by atoms with Crippen molar-refractivity contribution in [3.8, 4) is 0 Å². The van der Waals surface area contributed by atoms with Crippen molar-refractivity contribution in [1.29, 1.82) is 0 Å². The molecule has 2 atom stereocenters. The van der Waals surface area contributed by atoms with Gasteiger partial charge in [-0.25, -0.2) is 0 Å². The number of carbonyl (C=O) groups is 4. The fourth-order valence-electron chi connectivity index (χ4n) is 5.50. The van der Waals surface area contributed by atoms with Crippen molar-refractivity contribution in [2.45, 2.75) is 44.9 Å². The van der Waals surface area contributed by atoms with E-state index in [-0.39, 0.29) is 30.1 Å². The second-order valence-electron chi connectivity index (χ2n) is 9.27. The molecule has 4 rings (SSSR count). The Morgan fingerprint density at radius 1 is 1.16 bits per heavy atom. The average Bonchev–Trinajstić information content (AvgIpc) is 3.65. The highest BCUT2D eigenvalue weighted by Gasteiger charge is 2.61. The summed E-state index contributed by atoms with van der Waals surface area (Å²) in [6.45, 7) is 6.03. The number of piperazine rings is 1. The van der Waals surface area contributed by atoms with Gasteiger partial charge in [-0.05, 0) is 32.1 Å². The second-order valence-corrected chi connectivity index (χ2v) is 9.27. The largest absolute Gasteiger partial charge is 0.468 e. The first kappa shape index (κ1) is 22.6. The number of hydrogen-bond donors (Lipinski definition) is 0. The van der Waals surface area contributed by atoms with Gasteiger partial charge in [0.15, 0.2) is 0 Å². The van der Waals surface area contributed by atoms with Crippen molar-refractivity contribution < 1.29 is 23.9 Å². The highest BCUT2D eigenvalue weighted by molar-refractivity contribution is 5.99. The van der Waals surface area contributed by atoms with E-state index in [0.717, 1.165) is 32.1 Å². The van der Waals surface area contributed by atoms with Crippen molar-refractivity contribution in [3.63, 3.8) is 0 Å². The number of carbonyl (C=O) groups excluding carboxylic acids is 4. The van der Waals surface area contributed by atoms with Gasteiger partial charge in [-0.1, -0.05) is 18.6 Å². The molecule has 8 nitrogen and oxygen atoms in total. The SMILES string of the molecule is C=CCN1C(=O)[C@H](CC(=O)N2CCN(C(=O)C3CC3)CC2)[C@@]2(C(=O)OC)CCCCC=C12. The van der Waals surface area contributed by atoms with Crippen LogP contribution in [0.5, 0.6) is 0 Å². The molecule has 0 aromatic rings. The van der Waals surface area contributed by atoms with E-state index in [1.165, 1.54) is 7.11 Å². The van der Waals surface area contributed by atoms with E-state index in [1.807, 2.05) is 11.0 Å². The zero-order valence-corrected chi connectivity index (χ0v) is 18.9. The lowest BCUT2D eigenvalue weighted by molar-refractivity contribution is -0.156. The molecule has 0 aromatic heterocycles. The lowest BCUT2D eigenvalue weighted by Gasteiger charge is -2.36. The van der Waals surface area contributed by atoms with Crippen LogP contribution < -0.4 is 0 Å². The summed E-state index contributed by atoms with van der Waals surface area (Å²) in [5.74, 6) is -1.21. The number of rotatable bonds is 6. The second kappa shape index (κ2) is 9.08. The van der Waals surface area contributed by atoms with Gasteiger partial charge in [0, 0.05) is 50.8 Å². The van der Waals surface area contributed by atoms with Crippen LogP contribution in [-0.4, -0.2) is 78.2 Å². The molecule has 174 valence electrons. The van der Waals surface area contributed by atoms with Crippen molar-refractivity contribution >= 4 is 23.7 Å². The summed E-state index contributed by atoms with van der Waals surface area (Å²) in [5.41, 5.74) is -0.450. The van der Waals surface area contributed by atoms with Gasteiger partial charge in [0.05, 0.1) is 13.0 Å². The number of allylic oxidation sites excluding steroid dienone is 1. The first-order chi connectivity index (χ1) is 15.4. The molecule has 2 heterocycles. The maximum Gasteiger partial charge on any atom is 0.318 e. The summed E-state index contributed by atoms with van der Waals surface area (Å²) in [6.07, 6.45) is 8.51. The minimum atomic E-state index is -1.12. The van der Waals surface area contributed by atoms with Crippen LogP contribution in [0.15, 0.2) is 24.4 Å². The number of methoxy groups -OCH3 is 1. The van der Waals surface area contributed by atoms with E-state index in [9.17, 15) is 19.2 Å². The van der Waals surface area contributed by atoms with Crippen LogP contribution in [-0.2, 0) is 23.9 Å². The fourth-order valence-corrected chi connectivity index (χ4v) is 5.50. The molecule has 3 amide bonds. The number of nitrogens with zero attached hydrogens (tertiary/aromatic N) is 3. The molecule has 4 aliphatic rings. The molecule has 1 saturated carbocycles. The van der Waals surface area contributed by atoms with Gasteiger partial charge in [0.1, 0.15) is 5.41 Å². The van der Waals surface area contributed by atoms with Gasteiger partial charge in [-0.3, -0.25) is 19.2 Å². The van der Waals surface area contributed by atoms with Crippen molar-refractivity contribution in [2.24, 2.45) is 17.3 Å². The smallest absolute Gasteiger partial charge is 0.318 e. The molecule has 3 fully saturated rings. The Hall–Kier alpha value is -2.64. The number of fused-ring (bicyclic) bond motifs is 1. The number of hydrogen-bond acceptors (Lipinski definition) is 5. The summed E-state index contributed by atoms with van der Waals surface area (Å²) in [4.78, 5) is 57.3. The van der Waals surface area contributed by atoms with Gasteiger partial charge in [-0.15, -0.1) is 6.58 Å². The highest BCUT2D eigenvalue weighted by atomic mass is 16.5. The van der Waals surface area contributed by atoms with Crippen molar-refractivity contribution in [2.75, 3.05) is 39.8 Å². The van der Waals surface area contributed by atoms with Crippen LogP contribution in [0.4, 0.5) is 0 Å². The van der Waals surface area contributed by atoms with Crippen LogP contribution in [0.3, 0.4) is 0 Å². The van der Waals surface area contributed by atoms with Crippen molar-refractivity contribution in [3.05, 3.63) is 24.4 Å². The van der Waals surface area contributed by atoms with Gasteiger partial charge in [0.25, 0.3) is 0 Å². The minimum Gasteiger partial charge on any atom is -0.468 e. The zero-order chi connectivity index (χ0) is 22.9. The van der Waals surface area contributed by atoms with Crippen LogP contribution in [0.1, 0.15) is 44.9 Å². The molecule has 0 aromatic carbocycles. The van der Waals surface area contributed by atoms with E-state index >= 15 is 0 Å². The Bertz CT molecular complexity index is 841. The van der Waals surface area contributed by atoms with E-state index in [1.54, 1.807) is 15.9 Å². The lowest BCUT2D eigenvalue weighted by Crippen LogP contribution is -2.52. The fraction of sp³-hybridized carbons (Fsp3) is 0.667. The number of ether oxygens (including phenoxy) is 1. The third-order valence-corrected chi connectivity index (χ3v) is 7.38. The molecule has 0 bridgehead atoms. The Morgan fingerprint density at radius 2 is 1.84 bits per heavy atom. The third-order valence-electron chi connectivity index (χ3n) is 7.38. The van der Waals surface area contributed by atoms with E-state index in [0.29, 0.717) is 44.8 Å². The first-order valence-corrected chi connectivity index (χ1v) is 11.7. The summed E-state index contributed by atoms with van der Waals surface area (Å²) < 4.78 is 5.20. The summed E-state index contributed by atoms with van der Waals surface area (Å²) in [6, 6.07) is 0. The van der Waals surface area contributed by atoms with Crippen LogP contribution >= 0.6 is 0 Å². The maximum atomic E-state index is 13.4. The van der Waals surface area contributed by atoms with Crippen LogP contribution in [0, 0.1) is 17.3 Å². The van der Waals surface area contributed by atoms with E-state index < -0.39 is 17.3 Å². The topological polar surface area (TPSA) is 87.2 Å². The molecule has 0 radical (unpaired) electrons. The van der Waals surface area contributed by atoms with Gasteiger partial charge >= 0.3 is 5.97 Å². The molecule has 2 aliphatic heterocycles. The van der Waals surface area contributed by atoms with Gasteiger partial charge in [-0.2, -0.15) is 0 Å². The Labute approximate surface area is 189 Å². The molecule has 2 aliphatic carbocycles. The maximum absolute atomic E-state index is 13.4. The lowest BCUT2D eigenvalue weighted by atomic mass is 9.71. The third kappa shape index (κ3) is 3.84. The molecular weight excluding hydrogens is 410 g/mol. The summed E-state index contributed by atoms with van der Waals surface area (Å²) in [7, 11) is 1.34. The van der Waals surface area contributed by atoms with E-state index in [4.69, 9.17) is 4.74 Å². The number of likely N-dealkylation sites (tertiary alicyclic amines) is 1. The molecule has 0 unspecified atom stereocenters. The quantitative estimate of drug-likeness (QED) is 0.461. The predicted molar refractivity (Wildman–Crippen MR) is 117 cm³/mol. The summed E-state index contributed by atoms with van der Waals surface area (Å²) in [5, 5.41) is 0. The van der Waals surface area contributed by atoms with Crippen LogP contribution in [0.25, 0.3) is 0 Å². The van der Waals surface area contributed by atoms with Crippen molar-refractivity contribution in [1.82, 2.24) is 14.7 Å². The highest BCUT2D eigenvalue weighted by Crippen LogP contribution is 2.53. The zero-order valence-electron chi connectivity index (χ0n) is 18.9. The van der Waals surface area contributed by atoms with Gasteiger partial charge in [0.2, 0.25) is 17.7 Å². The predicted octanol–water partition coefficient (Wildman–Crippen LogP) is 1.72. The monoisotopic (exact) mass is 443 g/mol. The summed E-state index contributed by atoms with van der Waals surface area (Å²) >= 11 is 0. The Balaban J connectivity index is 1.53. The molecule has 0 N–H and O–H groups in total. The van der Waals surface area contributed by atoms with Gasteiger partial charge < -0.3 is 19.4 Å².